The third-order valence-corrected chi connectivity index (χ3v) is 2.62. The summed E-state index contributed by atoms with van der Waals surface area (Å²) >= 11 is 0. The molecule has 20 heavy (non-hydrogen) atoms. The number of hydrogen-bond acceptors (Lipinski definition) is 3. The monoisotopic (exact) mass is 270 g/mol. The summed E-state index contributed by atoms with van der Waals surface area (Å²) in [6.07, 6.45) is 4.69. The van der Waals surface area contributed by atoms with E-state index >= 15 is 0 Å². The first kappa shape index (κ1) is 14.1. The predicted octanol–water partition coefficient (Wildman–Crippen LogP) is 3.98. The molecule has 2 aromatic rings. The highest BCUT2D eigenvalue weighted by atomic mass is 16.6. The first-order valence-corrected chi connectivity index (χ1v) is 6.40. The molecule has 0 saturated heterocycles. The number of carbonyl (C=O) groups excluding carboxylic acids is 1. The number of pyridine rings is 1. The minimum Gasteiger partial charge on any atom is -0.443 e. The Kier molecular flexibility index (Phi) is 3.74. The van der Waals surface area contributed by atoms with Crippen molar-refractivity contribution < 1.29 is 9.53 Å². The molecule has 0 aromatic carbocycles. The molecule has 0 aliphatic rings. The fourth-order valence-electron chi connectivity index (χ4n) is 1.77. The highest BCUT2D eigenvalue weighted by Crippen LogP contribution is 2.21. The molecule has 0 aliphatic carbocycles. The van der Waals surface area contributed by atoms with Crippen LogP contribution in [0.4, 0.5) is 4.79 Å². The lowest BCUT2D eigenvalue weighted by atomic mass is 10.2. The molecule has 0 aliphatic heterocycles. The summed E-state index contributed by atoms with van der Waals surface area (Å²) in [6, 6.07) is 7.36. The van der Waals surface area contributed by atoms with Gasteiger partial charge in [-0.2, -0.15) is 0 Å². The Bertz CT molecular complexity index is 636. The van der Waals surface area contributed by atoms with Gasteiger partial charge in [0.25, 0.3) is 0 Å². The van der Waals surface area contributed by atoms with Crippen LogP contribution in [0.1, 0.15) is 26.3 Å². The van der Waals surface area contributed by atoms with Gasteiger partial charge in [0.15, 0.2) is 0 Å². The molecule has 0 bridgehead atoms. The van der Waals surface area contributed by atoms with Crippen molar-refractivity contribution in [2.75, 3.05) is 0 Å². The first-order chi connectivity index (χ1) is 9.40. The fourth-order valence-corrected chi connectivity index (χ4v) is 1.77. The average molecular weight is 270 g/mol. The van der Waals surface area contributed by atoms with Crippen LogP contribution in [0.5, 0.6) is 0 Å². The second-order valence-corrected chi connectivity index (χ2v) is 5.42. The molecule has 2 heterocycles. The largest absolute Gasteiger partial charge is 0.443 e. The number of ether oxygens (including phenoxy) is 1. The zero-order valence-electron chi connectivity index (χ0n) is 12.0. The standard InChI is InChI=1S/C16H18N2O2/c1-5-12-8-9-17-13(11-12)14-7-6-10-18(14)15(19)20-16(2,3)4/h5-11H,1H2,2-4H3. The van der Waals surface area contributed by atoms with Gasteiger partial charge in [-0.15, -0.1) is 0 Å². The fraction of sp³-hybridized carbons (Fsp3) is 0.250. The van der Waals surface area contributed by atoms with Crippen LogP contribution in [-0.2, 0) is 4.74 Å². The maximum absolute atomic E-state index is 12.2. The Morgan fingerprint density at radius 3 is 2.80 bits per heavy atom. The van der Waals surface area contributed by atoms with Crippen LogP contribution in [0, 0.1) is 0 Å². The topological polar surface area (TPSA) is 44.1 Å². The van der Waals surface area contributed by atoms with Crippen molar-refractivity contribution in [2.24, 2.45) is 0 Å². The zero-order chi connectivity index (χ0) is 14.8. The molecule has 4 nitrogen and oxygen atoms in total. The first-order valence-electron chi connectivity index (χ1n) is 6.40. The molecule has 0 N–H and O–H groups in total. The Morgan fingerprint density at radius 2 is 2.15 bits per heavy atom. The lowest BCUT2D eigenvalue weighted by Crippen LogP contribution is -2.27. The summed E-state index contributed by atoms with van der Waals surface area (Å²) < 4.78 is 6.84. The Morgan fingerprint density at radius 1 is 1.40 bits per heavy atom. The van der Waals surface area contributed by atoms with Gasteiger partial charge in [-0.05, 0) is 50.6 Å². The van der Waals surface area contributed by atoms with Gasteiger partial charge >= 0.3 is 6.09 Å². The summed E-state index contributed by atoms with van der Waals surface area (Å²) in [6.45, 7) is 9.25. The summed E-state index contributed by atoms with van der Waals surface area (Å²) in [4.78, 5) is 16.5. The minimum atomic E-state index is -0.533. The summed E-state index contributed by atoms with van der Waals surface area (Å²) in [5, 5.41) is 0. The highest BCUT2D eigenvalue weighted by molar-refractivity contribution is 5.78. The van der Waals surface area contributed by atoms with Crippen LogP contribution in [0.25, 0.3) is 17.5 Å². The number of hydrogen-bond donors (Lipinski definition) is 0. The number of aromatic nitrogens is 2. The molecule has 0 radical (unpaired) electrons. The van der Waals surface area contributed by atoms with Crippen molar-refractivity contribution in [3.05, 3.63) is 48.8 Å². The van der Waals surface area contributed by atoms with Gasteiger partial charge in [-0.1, -0.05) is 12.7 Å². The lowest BCUT2D eigenvalue weighted by molar-refractivity contribution is 0.0540. The van der Waals surface area contributed by atoms with E-state index in [-0.39, 0.29) is 0 Å². The van der Waals surface area contributed by atoms with E-state index in [1.807, 2.05) is 39.0 Å². The Hall–Kier alpha value is -2.36. The van der Waals surface area contributed by atoms with Crippen molar-refractivity contribution in [1.82, 2.24) is 9.55 Å². The number of carbonyl (C=O) groups is 1. The molecule has 2 rings (SSSR count). The Balaban J connectivity index is 2.37. The van der Waals surface area contributed by atoms with Gasteiger partial charge in [0.05, 0.1) is 11.4 Å². The maximum Gasteiger partial charge on any atom is 0.419 e. The quantitative estimate of drug-likeness (QED) is 0.829. The van der Waals surface area contributed by atoms with E-state index < -0.39 is 11.7 Å². The zero-order valence-corrected chi connectivity index (χ0v) is 12.0. The molecule has 104 valence electrons. The van der Waals surface area contributed by atoms with E-state index in [0.29, 0.717) is 11.4 Å². The van der Waals surface area contributed by atoms with Crippen molar-refractivity contribution in [3.63, 3.8) is 0 Å². The second kappa shape index (κ2) is 5.33. The van der Waals surface area contributed by atoms with Gasteiger partial charge in [0.2, 0.25) is 0 Å². The smallest absolute Gasteiger partial charge is 0.419 e. The third-order valence-electron chi connectivity index (χ3n) is 2.62. The molecule has 0 saturated carbocycles. The highest BCUT2D eigenvalue weighted by Gasteiger charge is 2.20. The van der Waals surface area contributed by atoms with Crippen molar-refractivity contribution in [3.8, 4) is 11.4 Å². The normalized spacial score (nSPS) is 11.2. The van der Waals surface area contributed by atoms with Crippen molar-refractivity contribution in [1.29, 1.82) is 0 Å². The number of nitrogens with zero attached hydrogens (tertiary/aromatic N) is 2. The van der Waals surface area contributed by atoms with E-state index in [4.69, 9.17) is 4.74 Å². The molecule has 0 unspecified atom stereocenters. The summed E-state index contributed by atoms with van der Waals surface area (Å²) in [7, 11) is 0. The van der Waals surface area contributed by atoms with Crippen molar-refractivity contribution in [2.45, 2.75) is 26.4 Å². The number of rotatable bonds is 2. The summed E-state index contributed by atoms with van der Waals surface area (Å²) in [5.74, 6) is 0. The maximum atomic E-state index is 12.2. The molecule has 0 amide bonds. The average Bonchev–Trinajstić information content (AvgIpc) is 2.86. The van der Waals surface area contributed by atoms with Crippen LogP contribution >= 0.6 is 0 Å². The van der Waals surface area contributed by atoms with Crippen LogP contribution in [0.15, 0.2) is 43.2 Å². The molecular weight excluding hydrogens is 252 g/mol. The lowest BCUT2D eigenvalue weighted by Gasteiger charge is -2.20. The van der Waals surface area contributed by atoms with E-state index in [9.17, 15) is 4.79 Å². The van der Waals surface area contributed by atoms with Gasteiger partial charge in [0.1, 0.15) is 5.60 Å². The third kappa shape index (κ3) is 3.15. The van der Waals surface area contributed by atoms with Crippen molar-refractivity contribution >= 4 is 12.2 Å². The molecule has 4 heteroatoms. The van der Waals surface area contributed by atoms with E-state index in [2.05, 4.69) is 11.6 Å². The SMILES string of the molecule is C=Cc1ccnc(-c2cccn2C(=O)OC(C)(C)C)c1. The molecule has 2 aromatic heterocycles. The molecule has 0 spiro atoms. The van der Waals surface area contributed by atoms with Crippen LogP contribution in [-0.4, -0.2) is 21.2 Å². The van der Waals surface area contributed by atoms with Crippen LogP contribution < -0.4 is 0 Å². The molecule has 0 fully saturated rings. The van der Waals surface area contributed by atoms with E-state index in [0.717, 1.165) is 5.56 Å². The van der Waals surface area contributed by atoms with Gasteiger partial charge in [-0.3, -0.25) is 9.55 Å². The van der Waals surface area contributed by atoms with E-state index in [1.165, 1.54) is 4.57 Å². The second-order valence-electron chi connectivity index (χ2n) is 5.42. The van der Waals surface area contributed by atoms with Gasteiger partial charge in [0, 0.05) is 12.4 Å². The minimum absolute atomic E-state index is 0.414. The van der Waals surface area contributed by atoms with Crippen LogP contribution in [0.2, 0.25) is 0 Å². The van der Waals surface area contributed by atoms with Gasteiger partial charge < -0.3 is 4.74 Å². The van der Waals surface area contributed by atoms with E-state index in [1.54, 1.807) is 24.5 Å². The van der Waals surface area contributed by atoms with Crippen LogP contribution in [0.3, 0.4) is 0 Å². The summed E-state index contributed by atoms with van der Waals surface area (Å²) in [5.41, 5.74) is 1.82. The molecule has 0 atom stereocenters. The Labute approximate surface area is 118 Å². The van der Waals surface area contributed by atoms with Gasteiger partial charge in [-0.25, -0.2) is 4.79 Å². The predicted molar refractivity (Wildman–Crippen MR) is 79.4 cm³/mol. The molecular formula is C16H18N2O2.